The van der Waals surface area contributed by atoms with Crippen LogP contribution in [-0.2, 0) is 20.7 Å². The van der Waals surface area contributed by atoms with E-state index in [-0.39, 0.29) is 11.5 Å². The lowest BCUT2D eigenvalue weighted by molar-refractivity contribution is 0.355. The van der Waals surface area contributed by atoms with Crippen LogP contribution in [0, 0.1) is 6.92 Å². The first-order valence-electron chi connectivity index (χ1n) is 5.88. The summed E-state index contributed by atoms with van der Waals surface area (Å²) in [7, 11) is -3.64. The molecule has 17 heavy (non-hydrogen) atoms. The summed E-state index contributed by atoms with van der Waals surface area (Å²) in [5.41, 5.74) is 0.828. The van der Waals surface area contributed by atoms with Crippen LogP contribution in [0.1, 0.15) is 31.7 Å². The first kappa shape index (κ1) is 14.2. The van der Waals surface area contributed by atoms with Crippen molar-refractivity contribution in [2.24, 2.45) is 0 Å². The molecule has 0 saturated heterocycles. The third-order valence-electron chi connectivity index (χ3n) is 2.53. The van der Waals surface area contributed by atoms with Crippen molar-refractivity contribution < 1.29 is 12.6 Å². The summed E-state index contributed by atoms with van der Waals surface area (Å²) < 4.78 is 28.4. The fourth-order valence-corrected chi connectivity index (χ4v) is 2.78. The number of hydrogen-bond donors (Lipinski definition) is 0. The highest BCUT2D eigenvalue weighted by Gasteiger charge is 2.17. The Bertz CT molecular complexity index is 438. The van der Waals surface area contributed by atoms with Gasteiger partial charge in [0.2, 0.25) is 0 Å². The molecule has 0 N–H and O–H groups in total. The zero-order valence-corrected chi connectivity index (χ0v) is 11.0. The molecule has 3 nitrogen and oxygen atoms in total. The van der Waals surface area contributed by atoms with Gasteiger partial charge in [0.05, 0.1) is 11.5 Å². The van der Waals surface area contributed by atoms with Crippen LogP contribution in [0.2, 0.25) is 0 Å². The van der Waals surface area contributed by atoms with Gasteiger partial charge in [0, 0.05) is 0 Å². The van der Waals surface area contributed by atoms with Crippen molar-refractivity contribution in [3.05, 3.63) is 36.8 Å². The average Bonchev–Trinajstić information content (AvgIpc) is 2.30. The first-order valence-corrected chi connectivity index (χ1v) is 7.29. The SMILES string of the molecule is [CH2]COS(=O)(=O)c1ccccc1CCCCC. The van der Waals surface area contributed by atoms with Crippen LogP contribution < -0.4 is 0 Å². The fraction of sp³-hybridized carbons (Fsp3) is 0.462. The molecule has 1 rings (SSSR count). The van der Waals surface area contributed by atoms with Crippen LogP contribution in [0.3, 0.4) is 0 Å². The van der Waals surface area contributed by atoms with Gasteiger partial charge >= 0.3 is 0 Å². The van der Waals surface area contributed by atoms with E-state index in [1.165, 1.54) is 0 Å². The van der Waals surface area contributed by atoms with Gasteiger partial charge in [-0.3, -0.25) is 4.18 Å². The normalized spacial score (nSPS) is 11.6. The Balaban J connectivity index is 2.91. The second kappa shape index (κ2) is 6.77. The molecule has 0 heterocycles. The zero-order chi connectivity index (χ0) is 12.7. The lowest BCUT2D eigenvalue weighted by Gasteiger charge is -2.09. The van der Waals surface area contributed by atoms with Gasteiger partial charge in [0.25, 0.3) is 10.1 Å². The maximum absolute atomic E-state index is 11.8. The van der Waals surface area contributed by atoms with E-state index in [2.05, 4.69) is 13.8 Å². The molecular weight excluding hydrogens is 236 g/mol. The highest BCUT2D eigenvalue weighted by Crippen LogP contribution is 2.19. The minimum atomic E-state index is -3.64. The van der Waals surface area contributed by atoms with Gasteiger partial charge < -0.3 is 0 Å². The quantitative estimate of drug-likeness (QED) is 0.555. The van der Waals surface area contributed by atoms with E-state index in [1.54, 1.807) is 12.1 Å². The summed E-state index contributed by atoms with van der Waals surface area (Å²) in [5.74, 6) is 0. The van der Waals surface area contributed by atoms with Gasteiger partial charge in [-0.1, -0.05) is 38.0 Å². The maximum Gasteiger partial charge on any atom is 0.297 e. The van der Waals surface area contributed by atoms with Crippen molar-refractivity contribution in [1.29, 1.82) is 0 Å². The van der Waals surface area contributed by atoms with E-state index < -0.39 is 10.1 Å². The molecule has 0 aliphatic heterocycles. The van der Waals surface area contributed by atoms with Crippen LogP contribution in [0.25, 0.3) is 0 Å². The van der Waals surface area contributed by atoms with E-state index >= 15 is 0 Å². The minimum absolute atomic E-state index is 0.0778. The van der Waals surface area contributed by atoms with E-state index in [1.807, 2.05) is 12.1 Å². The Labute approximate surface area is 104 Å². The molecule has 0 unspecified atom stereocenters. The van der Waals surface area contributed by atoms with E-state index in [9.17, 15) is 8.42 Å². The molecule has 0 aromatic heterocycles. The van der Waals surface area contributed by atoms with Crippen molar-refractivity contribution in [1.82, 2.24) is 0 Å². The molecule has 0 aliphatic carbocycles. The monoisotopic (exact) mass is 255 g/mol. The number of benzene rings is 1. The second-order valence-electron chi connectivity index (χ2n) is 3.84. The number of unbranched alkanes of at least 4 members (excludes halogenated alkanes) is 2. The number of aryl methyl sites for hydroxylation is 1. The number of hydrogen-bond acceptors (Lipinski definition) is 3. The van der Waals surface area contributed by atoms with E-state index in [0.29, 0.717) is 0 Å². The van der Waals surface area contributed by atoms with Crippen molar-refractivity contribution in [3.8, 4) is 0 Å². The summed E-state index contributed by atoms with van der Waals surface area (Å²) in [6.45, 7) is 5.44. The Morgan fingerprint density at radius 3 is 2.59 bits per heavy atom. The average molecular weight is 255 g/mol. The maximum atomic E-state index is 11.8. The van der Waals surface area contributed by atoms with Crippen molar-refractivity contribution >= 4 is 10.1 Å². The zero-order valence-electron chi connectivity index (χ0n) is 10.2. The van der Waals surface area contributed by atoms with Gasteiger partial charge in [-0.2, -0.15) is 8.42 Å². The van der Waals surface area contributed by atoms with Crippen molar-refractivity contribution in [3.63, 3.8) is 0 Å². The van der Waals surface area contributed by atoms with Gasteiger partial charge in [-0.15, -0.1) is 0 Å². The van der Waals surface area contributed by atoms with Crippen LogP contribution in [-0.4, -0.2) is 15.0 Å². The van der Waals surface area contributed by atoms with Crippen molar-refractivity contribution in [2.45, 2.75) is 37.5 Å². The lowest BCUT2D eigenvalue weighted by atomic mass is 10.1. The molecule has 0 aliphatic rings. The Kier molecular flexibility index (Phi) is 5.65. The first-order chi connectivity index (χ1) is 8.11. The Morgan fingerprint density at radius 2 is 1.94 bits per heavy atom. The van der Waals surface area contributed by atoms with Crippen LogP contribution in [0.4, 0.5) is 0 Å². The van der Waals surface area contributed by atoms with Crippen molar-refractivity contribution in [2.75, 3.05) is 6.61 Å². The molecule has 1 radical (unpaired) electrons. The molecule has 0 amide bonds. The molecule has 0 spiro atoms. The fourth-order valence-electron chi connectivity index (χ4n) is 1.69. The summed E-state index contributed by atoms with van der Waals surface area (Å²) in [5, 5.41) is 0. The Hall–Kier alpha value is -0.870. The molecular formula is C13H19O3S. The largest absolute Gasteiger partial charge is 0.297 e. The van der Waals surface area contributed by atoms with Crippen LogP contribution in [0.5, 0.6) is 0 Å². The second-order valence-corrected chi connectivity index (χ2v) is 5.42. The standard InChI is InChI=1S/C13H19O3S/c1-3-5-6-9-12-10-7-8-11-13(12)17(14,15)16-4-2/h7-8,10-11H,2-6,9H2,1H3. The summed E-state index contributed by atoms with van der Waals surface area (Å²) in [4.78, 5) is 0.278. The van der Waals surface area contributed by atoms with E-state index in [0.717, 1.165) is 31.2 Å². The molecule has 1 aromatic carbocycles. The third kappa shape index (κ3) is 4.13. The summed E-state index contributed by atoms with van der Waals surface area (Å²) >= 11 is 0. The highest BCUT2D eigenvalue weighted by atomic mass is 32.2. The molecule has 1 aromatic rings. The summed E-state index contributed by atoms with van der Waals surface area (Å²) in [6, 6.07) is 6.99. The molecule has 4 heteroatoms. The third-order valence-corrected chi connectivity index (χ3v) is 3.94. The van der Waals surface area contributed by atoms with Crippen LogP contribution >= 0.6 is 0 Å². The lowest BCUT2D eigenvalue weighted by Crippen LogP contribution is -2.09. The molecule has 0 bridgehead atoms. The van der Waals surface area contributed by atoms with Crippen LogP contribution in [0.15, 0.2) is 29.2 Å². The highest BCUT2D eigenvalue weighted by molar-refractivity contribution is 7.86. The molecule has 0 saturated carbocycles. The minimum Gasteiger partial charge on any atom is -0.266 e. The van der Waals surface area contributed by atoms with Gasteiger partial charge in [-0.05, 0) is 31.4 Å². The summed E-state index contributed by atoms with van der Waals surface area (Å²) in [6.07, 6.45) is 3.98. The molecule has 95 valence electrons. The van der Waals surface area contributed by atoms with Gasteiger partial charge in [-0.25, -0.2) is 0 Å². The predicted octanol–water partition coefficient (Wildman–Crippen LogP) is 2.96. The van der Waals surface area contributed by atoms with E-state index in [4.69, 9.17) is 4.18 Å². The van der Waals surface area contributed by atoms with Gasteiger partial charge in [0.15, 0.2) is 0 Å². The smallest absolute Gasteiger partial charge is 0.266 e. The predicted molar refractivity (Wildman–Crippen MR) is 68.2 cm³/mol. The topological polar surface area (TPSA) is 43.4 Å². The number of rotatable bonds is 7. The van der Waals surface area contributed by atoms with Gasteiger partial charge in [0.1, 0.15) is 0 Å². The Morgan fingerprint density at radius 1 is 1.24 bits per heavy atom. The molecule has 0 fully saturated rings. The molecule has 0 atom stereocenters.